The van der Waals surface area contributed by atoms with Crippen LogP contribution in [0.15, 0.2) is 53.1 Å². The van der Waals surface area contributed by atoms with E-state index >= 15 is 0 Å². The Morgan fingerprint density at radius 3 is 2.75 bits per heavy atom. The smallest absolute Gasteiger partial charge is 0.319 e. The molecule has 0 aliphatic heterocycles. The number of aromatic nitrogens is 2. The third kappa shape index (κ3) is 3.78. The van der Waals surface area contributed by atoms with Crippen molar-refractivity contribution >= 4 is 11.7 Å². The predicted molar refractivity (Wildman–Crippen MR) is 91.5 cm³/mol. The van der Waals surface area contributed by atoms with Crippen molar-refractivity contribution in [2.45, 2.75) is 20.4 Å². The van der Waals surface area contributed by atoms with Crippen LogP contribution in [0.5, 0.6) is 0 Å². The summed E-state index contributed by atoms with van der Waals surface area (Å²) in [4.78, 5) is 16.2. The van der Waals surface area contributed by atoms with Crippen molar-refractivity contribution in [2.75, 3.05) is 5.32 Å². The van der Waals surface area contributed by atoms with Crippen LogP contribution in [0.4, 0.5) is 10.5 Å². The number of nitrogens with zero attached hydrogens (tertiary/aromatic N) is 2. The molecule has 1 aromatic heterocycles. The number of para-hydroxylation sites is 1. The zero-order chi connectivity index (χ0) is 16.9. The number of hydrogen-bond acceptors (Lipinski definition) is 4. The van der Waals surface area contributed by atoms with Crippen molar-refractivity contribution in [2.24, 2.45) is 0 Å². The third-order valence-electron chi connectivity index (χ3n) is 3.54. The first-order chi connectivity index (χ1) is 11.6. The number of urea groups is 1. The minimum Gasteiger partial charge on any atom is -0.337 e. The van der Waals surface area contributed by atoms with Gasteiger partial charge in [0.1, 0.15) is 0 Å². The lowest BCUT2D eigenvalue weighted by Crippen LogP contribution is -2.28. The van der Waals surface area contributed by atoms with Gasteiger partial charge in [-0.25, -0.2) is 4.79 Å². The Balaban J connectivity index is 1.59. The Labute approximate surface area is 139 Å². The fourth-order valence-corrected chi connectivity index (χ4v) is 2.26. The van der Waals surface area contributed by atoms with Gasteiger partial charge in [0, 0.05) is 11.3 Å². The van der Waals surface area contributed by atoms with Gasteiger partial charge in [-0.15, -0.1) is 0 Å². The lowest BCUT2D eigenvalue weighted by molar-refractivity contribution is 0.249. The molecule has 24 heavy (non-hydrogen) atoms. The van der Waals surface area contributed by atoms with E-state index < -0.39 is 0 Å². The van der Waals surface area contributed by atoms with E-state index in [0.29, 0.717) is 11.7 Å². The molecule has 0 bridgehead atoms. The number of carbonyl (C=O) groups excluding carboxylic acids is 1. The molecule has 1 heterocycles. The summed E-state index contributed by atoms with van der Waals surface area (Å²) in [7, 11) is 0. The summed E-state index contributed by atoms with van der Waals surface area (Å²) in [6, 6.07) is 15.1. The number of benzene rings is 2. The van der Waals surface area contributed by atoms with Gasteiger partial charge in [0.15, 0.2) is 0 Å². The SMILES string of the molecule is Cc1cccc(-c2noc(CNC(=O)Nc3ccccc3C)n2)c1. The summed E-state index contributed by atoms with van der Waals surface area (Å²) < 4.78 is 5.18. The van der Waals surface area contributed by atoms with Gasteiger partial charge >= 0.3 is 6.03 Å². The summed E-state index contributed by atoms with van der Waals surface area (Å²) in [6.07, 6.45) is 0. The summed E-state index contributed by atoms with van der Waals surface area (Å²) in [6.45, 7) is 4.10. The first-order valence-corrected chi connectivity index (χ1v) is 7.62. The highest BCUT2D eigenvalue weighted by Crippen LogP contribution is 2.17. The molecule has 3 rings (SSSR count). The molecule has 2 aromatic carbocycles. The average Bonchev–Trinajstić information content (AvgIpc) is 3.04. The number of nitrogens with one attached hydrogen (secondary N) is 2. The van der Waals surface area contributed by atoms with Crippen molar-refractivity contribution in [1.82, 2.24) is 15.5 Å². The van der Waals surface area contributed by atoms with Crippen molar-refractivity contribution in [3.8, 4) is 11.4 Å². The normalized spacial score (nSPS) is 10.4. The van der Waals surface area contributed by atoms with E-state index in [2.05, 4.69) is 20.8 Å². The molecule has 0 unspecified atom stereocenters. The van der Waals surface area contributed by atoms with Gasteiger partial charge in [0.25, 0.3) is 0 Å². The van der Waals surface area contributed by atoms with Crippen molar-refractivity contribution < 1.29 is 9.32 Å². The second-order valence-corrected chi connectivity index (χ2v) is 5.50. The van der Waals surface area contributed by atoms with Crippen LogP contribution >= 0.6 is 0 Å². The summed E-state index contributed by atoms with van der Waals surface area (Å²) in [5, 5.41) is 9.44. The van der Waals surface area contributed by atoms with Crippen molar-refractivity contribution in [3.05, 3.63) is 65.5 Å². The molecule has 6 heteroatoms. The van der Waals surface area contributed by atoms with Crippen LogP contribution in [0.25, 0.3) is 11.4 Å². The highest BCUT2D eigenvalue weighted by Gasteiger charge is 2.10. The van der Waals surface area contributed by atoms with E-state index in [4.69, 9.17) is 4.52 Å². The first kappa shape index (κ1) is 15.7. The van der Waals surface area contributed by atoms with E-state index in [1.807, 2.05) is 62.4 Å². The average molecular weight is 322 g/mol. The Morgan fingerprint density at radius 1 is 1.12 bits per heavy atom. The maximum absolute atomic E-state index is 11.9. The van der Waals surface area contributed by atoms with E-state index in [-0.39, 0.29) is 12.6 Å². The number of anilines is 1. The molecule has 2 amide bonds. The van der Waals surface area contributed by atoms with Crippen LogP contribution < -0.4 is 10.6 Å². The molecule has 2 N–H and O–H groups in total. The Kier molecular flexibility index (Phi) is 4.56. The lowest BCUT2D eigenvalue weighted by Gasteiger charge is -2.08. The van der Waals surface area contributed by atoms with Crippen LogP contribution in [0.3, 0.4) is 0 Å². The largest absolute Gasteiger partial charge is 0.337 e. The monoisotopic (exact) mass is 322 g/mol. The van der Waals surface area contributed by atoms with Crippen LogP contribution in [-0.2, 0) is 6.54 Å². The molecular weight excluding hydrogens is 304 g/mol. The summed E-state index contributed by atoms with van der Waals surface area (Å²) in [5.74, 6) is 0.862. The predicted octanol–water partition coefficient (Wildman–Crippen LogP) is 3.68. The molecule has 0 saturated carbocycles. The first-order valence-electron chi connectivity index (χ1n) is 7.62. The van der Waals surface area contributed by atoms with E-state index in [1.165, 1.54) is 0 Å². The molecule has 0 spiro atoms. The van der Waals surface area contributed by atoms with E-state index in [0.717, 1.165) is 22.4 Å². The Hall–Kier alpha value is -3.15. The fraction of sp³-hybridized carbons (Fsp3) is 0.167. The lowest BCUT2D eigenvalue weighted by atomic mass is 10.1. The Bertz CT molecular complexity index is 857. The fourth-order valence-electron chi connectivity index (χ4n) is 2.26. The van der Waals surface area contributed by atoms with Gasteiger partial charge in [0.2, 0.25) is 11.7 Å². The molecule has 0 atom stereocenters. The molecule has 3 aromatic rings. The molecule has 0 fully saturated rings. The second kappa shape index (κ2) is 6.95. The van der Waals surface area contributed by atoms with Crippen LogP contribution in [0.2, 0.25) is 0 Å². The van der Waals surface area contributed by atoms with Gasteiger partial charge in [-0.3, -0.25) is 0 Å². The highest BCUT2D eigenvalue weighted by atomic mass is 16.5. The van der Waals surface area contributed by atoms with Gasteiger partial charge in [0.05, 0.1) is 6.54 Å². The van der Waals surface area contributed by atoms with Crippen LogP contribution in [-0.4, -0.2) is 16.2 Å². The molecule has 6 nitrogen and oxygen atoms in total. The minimum absolute atomic E-state index is 0.163. The minimum atomic E-state index is -0.320. The number of hydrogen-bond donors (Lipinski definition) is 2. The third-order valence-corrected chi connectivity index (χ3v) is 3.54. The summed E-state index contributed by atoms with van der Waals surface area (Å²) >= 11 is 0. The maximum Gasteiger partial charge on any atom is 0.319 e. The number of carbonyl (C=O) groups is 1. The zero-order valence-electron chi connectivity index (χ0n) is 13.5. The number of rotatable bonds is 4. The van der Waals surface area contributed by atoms with Crippen LogP contribution in [0.1, 0.15) is 17.0 Å². The van der Waals surface area contributed by atoms with Crippen LogP contribution in [0, 0.1) is 13.8 Å². The number of aryl methyl sites for hydroxylation is 2. The maximum atomic E-state index is 11.9. The van der Waals surface area contributed by atoms with Crippen molar-refractivity contribution in [1.29, 1.82) is 0 Å². The second-order valence-electron chi connectivity index (χ2n) is 5.50. The quantitative estimate of drug-likeness (QED) is 0.768. The topological polar surface area (TPSA) is 80.0 Å². The molecule has 0 saturated heterocycles. The standard InChI is InChI=1S/C18H18N4O2/c1-12-6-5-8-14(10-12)17-21-16(24-22-17)11-19-18(23)20-15-9-4-3-7-13(15)2/h3-10H,11H2,1-2H3,(H2,19,20,23). The van der Waals surface area contributed by atoms with Gasteiger partial charge < -0.3 is 15.2 Å². The zero-order valence-corrected chi connectivity index (χ0v) is 13.5. The van der Waals surface area contributed by atoms with E-state index in [1.54, 1.807) is 0 Å². The highest BCUT2D eigenvalue weighted by molar-refractivity contribution is 5.89. The molecule has 122 valence electrons. The van der Waals surface area contributed by atoms with E-state index in [9.17, 15) is 4.79 Å². The molecular formula is C18H18N4O2. The molecule has 0 aliphatic rings. The number of amides is 2. The van der Waals surface area contributed by atoms with Gasteiger partial charge in [-0.2, -0.15) is 4.98 Å². The summed E-state index contributed by atoms with van der Waals surface area (Å²) in [5.41, 5.74) is 3.76. The molecule has 0 radical (unpaired) electrons. The Morgan fingerprint density at radius 2 is 1.96 bits per heavy atom. The van der Waals surface area contributed by atoms with Gasteiger partial charge in [-0.05, 0) is 31.5 Å². The van der Waals surface area contributed by atoms with Crippen molar-refractivity contribution in [3.63, 3.8) is 0 Å². The molecule has 0 aliphatic carbocycles. The van der Waals surface area contributed by atoms with Gasteiger partial charge in [-0.1, -0.05) is 47.1 Å².